The Bertz CT molecular complexity index is 696. The van der Waals surface area contributed by atoms with E-state index in [2.05, 4.69) is 58.1 Å². The van der Waals surface area contributed by atoms with E-state index < -0.39 is 0 Å². The van der Waals surface area contributed by atoms with Crippen LogP contribution in [0.4, 0.5) is 0 Å². The maximum Gasteiger partial charge on any atom is 0.191 e. The average molecular weight is 351 g/mol. The number of benzene rings is 2. The molecule has 138 valence electrons. The molecule has 26 heavy (non-hydrogen) atoms. The third-order valence-corrected chi connectivity index (χ3v) is 5.52. The summed E-state index contributed by atoms with van der Waals surface area (Å²) in [6.07, 6.45) is 3.71. The van der Waals surface area contributed by atoms with Crippen molar-refractivity contribution in [2.75, 3.05) is 26.7 Å². The van der Waals surface area contributed by atoms with Crippen molar-refractivity contribution in [3.63, 3.8) is 0 Å². The van der Waals surface area contributed by atoms with Crippen LogP contribution in [0.25, 0.3) is 0 Å². The van der Waals surface area contributed by atoms with Gasteiger partial charge in [-0.25, -0.2) is 0 Å². The summed E-state index contributed by atoms with van der Waals surface area (Å²) in [5.41, 5.74) is 2.76. The standard InChI is InChI=1S/C22H29N3O/c1-23-21(24-15-19(16-26)18-9-4-2-5-10-18)25-17-22(13-8-14-22)20-11-6-3-7-12-20/h2-7,9-12,19,26H,8,13-17H2,1H3,(H2,23,24,25). The molecule has 4 nitrogen and oxygen atoms in total. The monoisotopic (exact) mass is 351 g/mol. The summed E-state index contributed by atoms with van der Waals surface area (Å²) in [4.78, 5) is 4.36. The van der Waals surface area contributed by atoms with Crippen LogP contribution in [0, 0.1) is 0 Å². The van der Waals surface area contributed by atoms with Crippen LogP contribution in [0.2, 0.25) is 0 Å². The molecule has 2 aromatic rings. The van der Waals surface area contributed by atoms with Crippen LogP contribution >= 0.6 is 0 Å². The lowest BCUT2D eigenvalue weighted by Crippen LogP contribution is -2.49. The van der Waals surface area contributed by atoms with Crippen molar-refractivity contribution in [1.29, 1.82) is 0 Å². The van der Waals surface area contributed by atoms with Gasteiger partial charge >= 0.3 is 0 Å². The lowest BCUT2D eigenvalue weighted by molar-refractivity contribution is 0.243. The zero-order valence-electron chi connectivity index (χ0n) is 15.5. The summed E-state index contributed by atoms with van der Waals surface area (Å²) < 4.78 is 0. The van der Waals surface area contributed by atoms with E-state index in [-0.39, 0.29) is 17.9 Å². The fraction of sp³-hybridized carbons (Fsp3) is 0.409. The Balaban J connectivity index is 1.56. The number of nitrogens with zero attached hydrogens (tertiary/aromatic N) is 1. The Morgan fingerprint density at radius 3 is 2.23 bits per heavy atom. The second kappa shape index (κ2) is 8.86. The highest BCUT2D eigenvalue weighted by Gasteiger charge is 2.38. The molecule has 0 aliphatic heterocycles. The lowest BCUT2D eigenvalue weighted by atomic mass is 9.64. The smallest absolute Gasteiger partial charge is 0.191 e. The van der Waals surface area contributed by atoms with E-state index >= 15 is 0 Å². The van der Waals surface area contributed by atoms with Crippen LogP contribution in [-0.2, 0) is 5.41 Å². The lowest BCUT2D eigenvalue weighted by Gasteiger charge is -2.43. The van der Waals surface area contributed by atoms with Gasteiger partial charge in [0, 0.05) is 31.5 Å². The summed E-state index contributed by atoms with van der Waals surface area (Å²) in [6, 6.07) is 20.9. The van der Waals surface area contributed by atoms with Gasteiger partial charge in [-0.3, -0.25) is 4.99 Å². The Morgan fingerprint density at radius 1 is 1.04 bits per heavy atom. The zero-order valence-corrected chi connectivity index (χ0v) is 15.5. The zero-order chi connectivity index (χ0) is 18.2. The van der Waals surface area contributed by atoms with E-state index in [4.69, 9.17) is 0 Å². The highest BCUT2D eigenvalue weighted by atomic mass is 16.3. The summed E-state index contributed by atoms with van der Waals surface area (Å²) in [6.45, 7) is 1.65. The van der Waals surface area contributed by atoms with Gasteiger partial charge in [-0.1, -0.05) is 67.1 Å². The SMILES string of the molecule is CN=C(NCC(CO)c1ccccc1)NCC1(c2ccccc2)CCC1. The minimum atomic E-state index is 0.0570. The van der Waals surface area contributed by atoms with Crippen molar-refractivity contribution in [3.05, 3.63) is 71.8 Å². The van der Waals surface area contributed by atoms with E-state index in [0.717, 1.165) is 18.1 Å². The van der Waals surface area contributed by atoms with Crippen molar-refractivity contribution in [2.24, 2.45) is 4.99 Å². The van der Waals surface area contributed by atoms with Gasteiger partial charge in [0.1, 0.15) is 0 Å². The van der Waals surface area contributed by atoms with Gasteiger partial charge in [-0.15, -0.1) is 0 Å². The van der Waals surface area contributed by atoms with Crippen LogP contribution in [0.5, 0.6) is 0 Å². The molecule has 0 bridgehead atoms. The van der Waals surface area contributed by atoms with Gasteiger partial charge in [-0.05, 0) is 24.0 Å². The Kier molecular flexibility index (Phi) is 6.29. The first-order chi connectivity index (χ1) is 12.8. The topological polar surface area (TPSA) is 56.7 Å². The quantitative estimate of drug-likeness (QED) is 0.531. The van der Waals surface area contributed by atoms with Gasteiger partial charge in [0.15, 0.2) is 5.96 Å². The molecule has 0 aromatic heterocycles. The second-order valence-corrected chi connectivity index (χ2v) is 7.10. The number of hydrogen-bond acceptors (Lipinski definition) is 2. The molecule has 2 aromatic carbocycles. The van der Waals surface area contributed by atoms with Crippen LogP contribution in [0.1, 0.15) is 36.3 Å². The molecule has 1 fully saturated rings. The minimum absolute atomic E-state index is 0.0570. The molecular formula is C22H29N3O. The highest BCUT2D eigenvalue weighted by Crippen LogP contribution is 2.43. The molecule has 1 atom stereocenters. The fourth-order valence-corrected chi connectivity index (χ4v) is 3.67. The molecule has 0 amide bonds. The van der Waals surface area contributed by atoms with Gasteiger partial charge < -0.3 is 15.7 Å². The number of nitrogens with one attached hydrogen (secondary N) is 2. The van der Waals surface area contributed by atoms with E-state index in [1.807, 2.05) is 18.2 Å². The predicted octanol–water partition coefficient (Wildman–Crippen LogP) is 3.05. The van der Waals surface area contributed by atoms with E-state index in [9.17, 15) is 5.11 Å². The molecule has 1 saturated carbocycles. The van der Waals surface area contributed by atoms with Crippen molar-refractivity contribution < 1.29 is 5.11 Å². The first-order valence-corrected chi connectivity index (χ1v) is 9.43. The molecule has 1 aliphatic rings. The van der Waals surface area contributed by atoms with Crippen LogP contribution in [0.3, 0.4) is 0 Å². The molecule has 1 aliphatic carbocycles. The normalized spacial score (nSPS) is 17.2. The molecule has 3 N–H and O–H groups in total. The highest BCUT2D eigenvalue weighted by molar-refractivity contribution is 5.79. The number of guanidine groups is 1. The predicted molar refractivity (Wildman–Crippen MR) is 108 cm³/mol. The van der Waals surface area contributed by atoms with E-state index in [1.54, 1.807) is 7.05 Å². The second-order valence-electron chi connectivity index (χ2n) is 7.10. The molecule has 0 heterocycles. The third-order valence-electron chi connectivity index (χ3n) is 5.52. The summed E-state index contributed by atoms with van der Waals surface area (Å²) in [5, 5.41) is 16.6. The van der Waals surface area contributed by atoms with E-state index in [1.165, 1.54) is 24.8 Å². The molecule has 3 rings (SSSR count). The molecular weight excluding hydrogens is 322 g/mol. The van der Waals surface area contributed by atoms with Gasteiger partial charge in [0.25, 0.3) is 0 Å². The number of hydrogen-bond donors (Lipinski definition) is 3. The molecule has 0 spiro atoms. The Morgan fingerprint density at radius 2 is 1.69 bits per heavy atom. The van der Waals surface area contributed by atoms with Crippen LogP contribution in [-0.4, -0.2) is 37.8 Å². The molecule has 0 radical (unpaired) electrons. The van der Waals surface area contributed by atoms with Crippen molar-refractivity contribution in [3.8, 4) is 0 Å². The first-order valence-electron chi connectivity index (χ1n) is 9.43. The summed E-state index contributed by atoms with van der Waals surface area (Å²) >= 11 is 0. The van der Waals surface area contributed by atoms with Gasteiger partial charge in [0.05, 0.1) is 6.61 Å². The number of aliphatic imine (C=N–C) groups is 1. The minimum Gasteiger partial charge on any atom is -0.396 e. The maximum absolute atomic E-state index is 9.72. The Labute approximate surface area is 156 Å². The molecule has 0 saturated heterocycles. The van der Waals surface area contributed by atoms with Crippen molar-refractivity contribution >= 4 is 5.96 Å². The Hall–Kier alpha value is -2.33. The average Bonchev–Trinajstić information content (AvgIpc) is 2.67. The van der Waals surface area contributed by atoms with Crippen LogP contribution < -0.4 is 10.6 Å². The van der Waals surface area contributed by atoms with Crippen LogP contribution in [0.15, 0.2) is 65.7 Å². The first kappa shape index (κ1) is 18.5. The largest absolute Gasteiger partial charge is 0.396 e. The van der Waals surface area contributed by atoms with Gasteiger partial charge in [0.2, 0.25) is 0 Å². The number of aliphatic hydroxyl groups is 1. The third kappa shape index (κ3) is 4.25. The van der Waals surface area contributed by atoms with Gasteiger partial charge in [-0.2, -0.15) is 0 Å². The number of rotatable bonds is 7. The summed E-state index contributed by atoms with van der Waals surface area (Å²) in [5.74, 6) is 0.850. The van der Waals surface area contributed by atoms with Crippen molar-refractivity contribution in [1.82, 2.24) is 10.6 Å². The van der Waals surface area contributed by atoms with Crippen molar-refractivity contribution in [2.45, 2.75) is 30.6 Å². The number of aliphatic hydroxyl groups excluding tert-OH is 1. The summed E-state index contributed by atoms with van der Waals surface area (Å²) in [7, 11) is 1.79. The maximum atomic E-state index is 9.72. The molecule has 4 heteroatoms. The molecule has 1 unspecified atom stereocenters. The van der Waals surface area contributed by atoms with E-state index in [0.29, 0.717) is 6.54 Å². The fourth-order valence-electron chi connectivity index (χ4n) is 3.67.